The van der Waals surface area contributed by atoms with Crippen molar-refractivity contribution in [3.05, 3.63) is 59.2 Å². The van der Waals surface area contributed by atoms with Crippen LogP contribution in [0.2, 0.25) is 0 Å². The van der Waals surface area contributed by atoms with Crippen molar-refractivity contribution in [2.75, 3.05) is 33.4 Å². The van der Waals surface area contributed by atoms with Gasteiger partial charge in [-0.1, -0.05) is 18.2 Å². The number of benzene rings is 2. The third-order valence-corrected chi connectivity index (χ3v) is 5.58. The predicted octanol–water partition coefficient (Wildman–Crippen LogP) is 2.69. The summed E-state index contributed by atoms with van der Waals surface area (Å²) in [7, 11) is 1.62. The molecule has 3 N–H and O–H groups in total. The van der Waals surface area contributed by atoms with Gasteiger partial charge in [-0.05, 0) is 43.5 Å². The molecule has 7 heteroatoms. The molecule has 0 aromatic heterocycles. The Bertz CT molecular complexity index is 915. The van der Waals surface area contributed by atoms with Crippen molar-refractivity contribution < 1.29 is 19.1 Å². The van der Waals surface area contributed by atoms with Crippen molar-refractivity contribution >= 4 is 11.8 Å². The highest BCUT2D eigenvalue weighted by Crippen LogP contribution is 2.28. The van der Waals surface area contributed by atoms with E-state index >= 15 is 0 Å². The van der Waals surface area contributed by atoms with Crippen LogP contribution in [0, 0.1) is 0 Å². The van der Waals surface area contributed by atoms with Gasteiger partial charge in [0.2, 0.25) is 11.8 Å². The number of methoxy groups -OCH3 is 1. The minimum Gasteiger partial charge on any atom is -0.497 e. The van der Waals surface area contributed by atoms with Gasteiger partial charge in [0.25, 0.3) is 0 Å². The molecule has 31 heavy (non-hydrogen) atoms. The SMILES string of the molecule is CCOc1cc(OC)ccc1CNCC(=O)N1CCC[C@H](c2cccc(C(N)=O)c2)C1. The van der Waals surface area contributed by atoms with Gasteiger partial charge in [-0.15, -0.1) is 0 Å². The molecule has 1 fully saturated rings. The van der Waals surface area contributed by atoms with Crippen LogP contribution < -0.4 is 20.5 Å². The Balaban J connectivity index is 1.56. The van der Waals surface area contributed by atoms with Crippen LogP contribution in [-0.2, 0) is 11.3 Å². The first-order chi connectivity index (χ1) is 15.0. The maximum Gasteiger partial charge on any atom is 0.248 e. The van der Waals surface area contributed by atoms with Gasteiger partial charge in [-0.2, -0.15) is 0 Å². The monoisotopic (exact) mass is 425 g/mol. The van der Waals surface area contributed by atoms with Gasteiger partial charge in [-0.3, -0.25) is 9.59 Å². The predicted molar refractivity (Wildman–Crippen MR) is 119 cm³/mol. The van der Waals surface area contributed by atoms with E-state index in [1.807, 2.05) is 48.2 Å². The number of hydrogen-bond acceptors (Lipinski definition) is 5. The van der Waals surface area contributed by atoms with Crippen molar-refractivity contribution in [2.45, 2.75) is 32.2 Å². The van der Waals surface area contributed by atoms with Gasteiger partial charge in [-0.25, -0.2) is 0 Å². The van der Waals surface area contributed by atoms with Gasteiger partial charge in [0.1, 0.15) is 11.5 Å². The van der Waals surface area contributed by atoms with E-state index in [2.05, 4.69) is 5.32 Å². The summed E-state index contributed by atoms with van der Waals surface area (Å²) < 4.78 is 11.0. The number of rotatable bonds is 9. The van der Waals surface area contributed by atoms with E-state index in [1.165, 1.54) is 0 Å². The largest absolute Gasteiger partial charge is 0.497 e. The molecule has 2 amide bonds. The number of amides is 2. The second kappa shape index (κ2) is 10.8. The van der Waals surface area contributed by atoms with Gasteiger partial charge in [0.15, 0.2) is 0 Å². The van der Waals surface area contributed by atoms with E-state index in [-0.39, 0.29) is 18.4 Å². The average Bonchev–Trinajstić information content (AvgIpc) is 2.80. The molecule has 1 atom stereocenters. The number of primary amides is 1. The van der Waals surface area contributed by atoms with Gasteiger partial charge in [0, 0.05) is 42.7 Å². The average molecular weight is 426 g/mol. The molecule has 1 aliphatic heterocycles. The third kappa shape index (κ3) is 5.98. The second-order valence-corrected chi connectivity index (χ2v) is 7.68. The van der Waals surface area contributed by atoms with Crippen molar-refractivity contribution in [1.29, 1.82) is 0 Å². The van der Waals surface area contributed by atoms with Crippen molar-refractivity contribution in [2.24, 2.45) is 5.73 Å². The van der Waals surface area contributed by atoms with E-state index in [1.54, 1.807) is 13.2 Å². The van der Waals surface area contributed by atoms with Crippen molar-refractivity contribution in [1.82, 2.24) is 10.2 Å². The summed E-state index contributed by atoms with van der Waals surface area (Å²) in [6, 6.07) is 13.1. The Morgan fingerprint density at radius 3 is 2.81 bits per heavy atom. The topological polar surface area (TPSA) is 93.9 Å². The van der Waals surface area contributed by atoms with E-state index < -0.39 is 5.91 Å². The molecule has 1 saturated heterocycles. The van der Waals surface area contributed by atoms with Gasteiger partial charge < -0.3 is 25.4 Å². The first kappa shape index (κ1) is 22.6. The van der Waals surface area contributed by atoms with Crippen molar-refractivity contribution in [3.63, 3.8) is 0 Å². The first-order valence-electron chi connectivity index (χ1n) is 10.7. The maximum atomic E-state index is 12.8. The van der Waals surface area contributed by atoms with E-state index in [4.69, 9.17) is 15.2 Å². The van der Waals surface area contributed by atoms with E-state index in [0.29, 0.717) is 25.3 Å². The lowest BCUT2D eigenvalue weighted by atomic mass is 9.89. The second-order valence-electron chi connectivity index (χ2n) is 7.68. The number of carbonyl (C=O) groups excluding carboxylic acids is 2. The fourth-order valence-electron chi connectivity index (χ4n) is 3.94. The van der Waals surface area contributed by atoms with Crippen LogP contribution in [0.15, 0.2) is 42.5 Å². The summed E-state index contributed by atoms with van der Waals surface area (Å²) in [5, 5.41) is 3.24. The first-order valence-corrected chi connectivity index (χ1v) is 10.7. The van der Waals surface area contributed by atoms with E-state index in [0.717, 1.165) is 42.0 Å². The number of likely N-dealkylation sites (tertiary alicyclic amines) is 1. The van der Waals surface area contributed by atoms with E-state index in [9.17, 15) is 9.59 Å². The lowest BCUT2D eigenvalue weighted by Gasteiger charge is -2.33. The Kier molecular flexibility index (Phi) is 7.89. The molecule has 0 radical (unpaired) electrons. The van der Waals surface area contributed by atoms with Crippen molar-refractivity contribution in [3.8, 4) is 11.5 Å². The summed E-state index contributed by atoms with van der Waals surface area (Å²) in [5.41, 5.74) is 7.95. The molecule has 166 valence electrons. The quantitative estimate of drug-likeness (QED) is 0.644. The fourth-order valence-corrected chi connectivity index (χ4v) is 3.94. The smallest absolute Gasteiger partial charge is 0.248 e. The Morgan fingerprint density at radius 2 is 2.06 bits per heavy atom. The van der Waals surface area contributed by atoms with Crippen LogP contribution in [0.1, 0.15) is 47.2 Å². The Labute approximate surface area is 183 Å². The fraction of sp³-hybridized carbons (Fsp3) is 0.417. The van der Waals surface area contributed by atoms with Gasteiger partial charge in [0.05, 0.1) is 20.3 Å². The number of carbonyl (C=O) groups is 2. The number of hydrogen-bond donors (Lipinski definition) is 2. The number of nitrogens with zero attached hydrogens (tertiary/aromatic N) is 1. The maximum absolute atomic E-state index is 12.8. The van der Waals surface area contributed by atoms with Gasteiger partial charge >= 0.3 is 0 Å². The summed E-state index contributed by atoms with van der Waals surface area (Å²) in [5.74, 6) is 1.35. The van der Waals surface area contributed by atoms with Crippen LogP contribution in [-0.4, -0.2) is 50.1 Å². The minimum atomic E-state index is -0.431. The number of ether oxygens (including phenoxy) is 2. The summed E-state index contributed by atoms with van der Waals surface area (Å²) in [6.07, 6.45) is 1.92. The molecule has 0 spiro atoms. The molecule has 1 aliphatic rings. The Morgan fingerprint density at radius 1 is 1.23 bits per heavy atom. The molecule has 0 aliphatic carbocycles. The Hall–Kier alpha value is -3.06. The van der Waals surface area contributed by atoms with Crippen LogP contribution in [0.5, 0.6) is 11.5 Å². The third-order valence-electron chi connectivity index (χ3n) is 5.58. The summed E-state index contributed by atoms with van der Waals surface area (Å²) in [4.78, 5) is 26.2. The highest BCUT2D eigenvalue weighted by atomic mass is 16.5. The molecule has 0 saturated carbocycles. The minimum absolute atomic E-state index is 0.0715. The summed E-state index contributed by atoms with van der Waals surface area (Å²) in [6.45, 7) is 4.68. The number of piperidine rings is 1. The summed E-state index contributed by atoms with van der Waals surface area (Å²) >= 11 is 0. The van der Waals surface area contributed by atoms with Crippen LogP contribution in [0.4, 0.5) is 0 Å². The molecule has 2 aromatic rings. The number of nitrogens with two attached hydrogens (primary N) is 1. The molecule has 1 heterocycles. The molecule has 0 unspecified atom stereocenters. The molecular formula is C24H31N3O4. The number of nitrogens with one attached hydrogen (secondary N) is 1. The van der Waals surface area contributed by atoms with Crippen LogP contribution in [0.3, 0.4) is 0 Å². The van der Waals surface area contributed by atoms with Crippen LogP contribution in [0.25, 0.3) is 0 Å². The highest BCUT2D eigenvalue weighted by molar-refractivity contribution is 5.92. The zero-order chi connectivity index (χ0) is 22.2. The highest BCUT2D eigenvalue weighted by Gasteiger charge is 2.25. The molecule has 0 bridgehead atoms. The van der Waals surface area contributed by atoms with Crippen LogP contribution >= 0.6 is 0 Å². The standard InChI is InChI=1S/C24H31N3O4/c1-3-31-22-13-21(30-2)10-9-19(22)14-26-15-23(28)27-11-5-8-20(16-27)17-6-4-7-18(12-17)24(25)29/h4,6-7,9-10,12-13,20,26H,3,5,8,11,14-16H2,1-2H3,(H2,25,29)/t20-/m0/s1. The molecule has 7 nitrogen and oxygen atoms in total. The zero-order valence-electron chi connectivity index (χ0n) is 18.2. The normalized spacial score (nSPS) is 16.1. The molecular weight excluding hydrogens is 394 g/mol. The molecule has 2 aromatic carbocycles. The zero-order valence-corrected chi connectivity index (χ0v) is 18.2. The lowest BCUT2D eigenvalue weighted by Crippen LogP contribution is -2.43. The lowest BCUT2D eigenvalue weighted by molar-refractivity contribution is -0.131. The molecule has 3 rings (SSSR count).